The van der Waals surface area contributed by atoms with E-state index < -0.39 is 0 Å². The van der Waals surface area contributed by atoms with Crippen molar-refractivity contribution in [1.82, 2.24) is 5.32 Å². The maximum absolute atomic E-state index is 12.5. The maximum Gasteiger partial charge on any atom is 0.293 e. The van der Waals surface area contributed by atoms with Gasteiger partial charge in [0.05, 0.1) is 4.92 Å². The number of anilines is 1. The Bertz CT molecular complexity index is 831. The van der Waals surface area contributed by atoms with Crippen molar-refractivity contribution in [3.05, 3.63) is 68.2 Å². The average Bonchev–Trinajstić information content (AvgIpc) is 2.67. The first-order valence-electron chi connectivity index (χ1n) is 8.96. The molecule has 7 heteroatoms. The normalized spacial score (nSPS) is 14.8. The number of nitro benzene ring substituents is 1. The van der Waals surface area contributed by atoms with Crippen molar-refractivity contribution in [3.8, 4) is 0 Å². The van der Waals surface area contributed by atoms with Crippen LogP contribution in [-0.2, 0) is 11.3 Å². The highest BCUT2D eigenvalue weighted by Crippen LogP contribution is 2.33. The molecule has 1 amide bonds. The number of amides is 1. The van der Waals surface area contributed by atoms with Crippen LogP contribution < -0.4 is 10.2 Å². The number of nitro groups is 1. The highest BCUT2D eigenvalue weighted by atomic mass is 79.9. The molecule has 0 saturated carbocycles. The van der Waals surface area contributed by atoms with E-state index >= 15 is 0 Å². The first kappa shape index (κ1) is 19.4. The molecule has 3 rings (SSSR count). The van der Waals surface area contributed by atoms with Crippen LogP contribution in [0.4, 0.5) is 11.4 Å². The number of carbonyl (C=O) groups excluding carboxylic acids is 1. The van der Waals surface area contributed by atoms with E-state index in [4.69, 9.17) is 0 Å². The summed E-state index contributed by atoms with van der Waals surface area (Å²) in [7, 11) is 0. The first-order chi connectivity index (χ1) is 12.9. The Kier molecular flexibility index (Phi) is 6.11. The van der Waals surface area contributed by atoms with E-state index in [0.717, 1.165) is 5.56 Å². The van der Waals surface area contributed by atoms with Gasteiger partial charge in [-0.3, -0.25) is 14.9 Å². The summed E-state index contributed by atoms with van der Waals surface area (Å²) in [6, 6.07) is 13.2. The second kappa shape index (κ2) is 8.52. The monoisotopic (exact) mass is 431 g/mol. The molecule has 0 radical (unpaired) electrons. The molecule has 1 aliphatic rings. The van der Waals surface area contributed by atoms with Crippen LogP contribution in [0, 0.1) is 23.0 Å². The first-order valence-corrected chi connectivity index (χ1v) is 9.75. The molecule has 142 valence electrons. The van der Waals surface area contributed by atoms with Crippen molar-refractivity contribution in [2.24, 2.45) is 5.92 Å². The summed E-state index contributed by atoms with van der Waals surface area (Å²) in [5.41, 5.74) is 2.98. The number of nitrogens with zero attached hydrogens (tertiary/aromatic N) is 2. The number of benzene rings is 2. The molecule has 0 unspecified atom stereocenters. The fourth-order valence-electron chi connectivity index (χ4n) is 3.33. The van der Waals surface area contributed by atoms with Crippen LogP contribution in [0.15, 0.2) is 46.9 Å². The van der Waals surface area contributed by atoms with E-state index in [2.05, 4.69) is 21.2 Å². The number of rotatable bonds is 5. The third-order valence-electron chi connectivity index (χ3n) is 4.93. The molecule has 1 heterocycles. The number of hydrogen-bond acceptors (Lipinski definition) is 4. The average molecular weight is 432 g/mol. The largest absolute Gasteiger partial charge is 0.366 e. The number of halogens is 1. The second-order valence-corrected chi connectivity index (χ2v) is 7.77. The molecule has 2 aromatic carbocycles. The Hall–Kier alpha value is -2.41. The lowest BCUT2D eigenvalue weighted by molar-refractivity contribution is -0.384. The number of carbonyl (C=O) groups is 1. The zero-order valence-electron chi connectivity index (χ0n) is 15.2. The van der Waals surface area contributed by atoms with E-state index in [0.29, 0.717) is 42.6 Å². The summed E-state index contributed by atoms with van der Waals surface area (Å²) in [6.07, 6.45) is 1.37. The van der Waals surface area contributed by atoms with Crippen molar-refractivity contribution in [3.63, 3.8) is 0 Å². The molecule has 27 heavy (non-hydrogen) atoms. The Morgan fingerprint density at radius 3 is 2.52 bits per heavy atom. The summed E-state index contributed by atoms with van der Waals surface area (Å²) in [4.78, 5) is 25.4. The van der Waals surface area contributed by atoms with Crippen molar-refractivity contribution in [2.75, 3.05) is 18.0 Å². The Morgan fingerprint density at radius 2 is 1.89 bits per heavy atom. The van der Waals surface area contributed by atoms with Crippen LogP contribution in [0.25, 0.3) is 0 Å². The van der Waals surface area contributed by atoms with Crippen LogP contribution in [0.1, 0.15) is 24.0 Å². The van der Waals surface area contributed by atoms with Crippen LogP contribution >= 0.6 is 15.9 Å². The van der Waals surface area contributed by atoms with Gasteiger partial charge in [0.1, 0.15) is 5.69 Å². The van der Waals surface area contributed by atoms with Gasteiger partial charge >= 0.3 is 0 Å². The van der Waals surface area contributed by atoms with Gasteiger partial charge in [-0.15, -0.1) is 0 Å². The van der Waals surface area contributed by atoms with E-state index in [-0.39, 0.29) is 22.4 Å². The fourth-order valence-corrected chi connectivity index (χ4v) is 3.68. The van der Waals surface area contributed by atoms with E-state index in [9.17, 15) is 14.9 Å². The molecule has 0 atom stereocenters. The standard InChI is InChI=1S/C20H22BrN3O3/c1-14-2-4-15(5-3-14)13-22-20(25)16-8-10-23(11-9-16)18-7-6-17(21)12-19(18)24(26)27/h2-7,12,16H,8-11,13H2,1H3,(H,22,25). The Morgan fingerprint density at radius 1 is 1.22 bits per heavy atom. The van der Waals surface area contributed by atoms with Crippen molar-refractivity contribution >= 4 is 33.2 Å². The van der Waals surface area contributed by atoms with E-state index in [1.807, 2.05) is 42.2 Å². The number of nitrogens with one attached hydrogen (secondary N) is 1. The quantitative estimate of drug-likeness (QED) is 0.568. The molecular weight excluding hydrogens is 410 g/mol. The third kappa shape index (κ3) is 4.86. The van der Waals surface area contributed by atoms with Crippen molar-refractivity contribution in [2.45, 2.75) is 26.3 Å². The van der Waals surface area contributed by atoms with Crippen LogP contribution in [0.5, 0.6) is 0 Å². The van der Waals surface area contributed by atoms with Gasteiger partial charge in [0.2, 0.25) is 5.91 Å². The number of aryl methyl sites for hydroxylation is 1. The minimum Gasteiger partial charge on any atom is -0.366 e. The van der Waals surface area contributed by atoms with Crippen LogP contribution in [-0.4, -0.2) is 23.9 Å². The minimum atomic E-state index is -0.361. The molecule has 0 spiro atoms. The predicted octanol–water partition coefficient (Wildman–Crippen LogP) is 4.20. The van der Waals surface area contributed by atoms with Gasteiger partial charge in [0.25, 0.3) is 5.69 Å². The SMILES string of the molecule is Cc1ccc(CNC(=O)C2CCN(c3ccc(Br)cc3[N+](=O)[O-])CC2)cc1. The topological polar surface area (TPSA) is 75.5 Å². The summed E-state index contributed by atoms with van der Waals surface area (Å²) in [6.45, 7) is 3.82. The Labute approximate surface area is 166 Å². The molecule has 6 nitrogen and oxygen atoms in total. The summed E-state index contributed by atoms with van der Waals surface area (Å²) < 4.78 is 0.684. The van der Waals surface area contributed by atoms with Crippen molar-refractivity contribution < 1.29 is 9.72 Å². The Balaban J connectivity index is 1.56. The number of hydrogen-bond donors (Lipinski definition) is 1. The zero-order chi connectivity index (χ0) is 19.4. The van der Waals surface area contributed by atoms with E-state index in [1.54, 1.807) is 6.07 Å². The van der Waals surface area contributed by atoms with Gasteiger partial charge in [-0.05, 0) is 37.5 Å². The number of piperidine rings is 1. The minimum absolute atomic E-state index is 0.0544. The van der Waals surface area contributed by atoms with E-state index in [1.165, 1.54) is 11.6 Å². The molecular formula is C20H22BrN3O3. The molecule has 1 fully saturated rings. The van der Waals surface area contributed by atoms with Gasteiger partial charge in [-0.1, -0.05) is 45.8 Å². The highest BCUT2D eigenvalue weighted by Gasteiger charge is 2.28. The van der Waals surface area contributed by atoms with Gasteiger partial charge in [-0.25, -0.2) is 0 Å². The summed E-state index contributed by atoms with van der Waals surface area (Å²) in [5.74, 6) is 0.00161. The van der Waals surface area contributed by atoms with Gasteiger partial charge in [0.15, 0.2) is 0 Å². The maximum atomic E-state index is 12.5. The lowest BCUT2D eigenvalue weighted by Gasteiger charge is -2.32. The molecule has 1 N–H and O–H groups in total. The van der Waals surface area contributed by atoms with Gasteiger partial charge in [-0.2, -0.15) is 0 Å². The highest BCUT2D eigenvalue weighted by molar-refractivity contribution is 9.10. The van der Waals surface area contributed by atoms with Gasteiger partial charge in [0, 0.05) is 36.1 Å². The van der Waals surface area contributed by atoms with Crippen LogP contribution in [0.3, 0.4) is 0 Å². The zero-order valence-corrected chi connectivity index (χ0v) is 16.7. The lowest BCUT2D eigenvalue weighted by Crippen LogP contribution is -2.40. The molecule has 2 aromatic rings. The van der Waals surface area contributed by atoms with Crippen LogP contribution in [0.2, 0.25) is 0 Å². The molecule has 0 aliphatic carbocycles. The molecule has 0 aromatic heterocycles. The molecule has 1 aliphatic heterocycles. The molecule has 0 bridgehead atoms. The van der Waals surface area contributed by atoms with Crippen molar-refractivity contribution in [1.29, 1.82) is 0 Å². The fraction of sp³-hybridized carbons (Fsp3) is 0.350. The third-order valence-corrected chi connectivity index (χ3v) is 5.42. The summed E-state index contributed by atoms with van der Waals surface area (Å²) in [5, 5.41) is 14.3. The lowest BCUT2D eigenvalue weighted by atomic mass is 9.95. The predicted molar refractivity (Wildman–Crippen MR) is 109 cm³/mol. The molecule has 1 saturated heterocycles. The van der Waals surface area contributed by atoms with Gasteiger partial charge < -0.3 is 10.2 Å². The summed E-state index contributed by atoms with van der Waals surface area (Å²) >= 11 is 3.28. The second-order valence-electron chi connectivity index (χ2n) is 6.85. The smallest absolute Gasteiger partial charge is 0.293 e.